The first-order chi connectivity index (χ1) is 9.15. The normalized spacial score (nSPS) is 19.0. The quantitative estimate of drug-likeness (QED) is 0.840. The maximum Gasteiger partial charge on any atom is 0.227 e. The number of nitrogens with one attached hydrogen (secondary N) is 1. The third kappa shape index (κ3) is 4.31. The Labute approximate surface area is 112 Å². The molecular weight excluding hydrogens is 246 g/mol. The van der Waals surface area contributed by atoms with Gasteiger partial charge in [-0.1, -0.05) is 19.0 Å². The van der Waals surface area contributed by atoms with Gasteiger partial charge in [-0.3, -0.25) is 4.79 Å². The maximum absolute atomic E-state index is 11.7. The van der Waals surface area contributed by atoms with Gasteiger partial charge in [0.1, 0.15) is 0 Å². The molecule has 1 aliphatic heterocycles. The van der Waals surface area contributed by atoms with Crippen LogP contribution in [0.25, 0.3) is 0 Å². The molecule has 1 aliphatic rings. The number of hydrogen-bond donors (Lipinski definition) is 1. The minimum absolute atomic E-state index is 0.0243. The van der Waals surface area contributed by atoms with Crippen LogP contribution >= 0.6 is 0 Å². The van der Waals surface area contributed by atoms with Gasteiger partial charge in [-0.05, 0) is 6.42 Å². The standard InChI is InChI=1S/C13H21N3O3/c1-9(2)13-15-12(19-16-13)4-3-11(17)14-7-10-5-6-18-8-10/h9-10H,3-8H2,1-2H3,(H,14,17)/t10-/m0/s1. The van der Waals surface area contributed by atoms with Gasteiger partial charge in [0.2, 0.25) is 11.8 Å². The van der Waals surface area contributed by atoms with Crippen LogP contribution in [-0.2, 0) is 16.0 Å². The van der Waals surface area contributed by atoms with Crippen molar-refractivity contribution in [2.75, 3.05) is 19.8 Å². The first-order valence-electron chi connectivity index (χ1n) is 6.82. The van der Waals surface area contributed by atoms with Crippen LogP contribution in [0.4, 0.5) is 0 Å². The highest BCUT2D eigenvalue weighted by Gasteiger charge is 2.16. The van der Waals surface area contributed by atoms with Crippen molar-refractivity contribution in [3.8, 4) is 0 Å². The van der Waals surface area contributed by atoms with Crippen LogP contribution in [0.5, 0.6) is 0 Å². The van der Waals surface area contributed by atoms with Crippen molar-refractivity contribution in [3.63, 3.8) is 0 Å². The molecule has 1 aromatic heterocycles. The average Bonchev–Trinajstić information content (AvgIpc) is 3.05. The number of amides is 1. The summed E-state index contributed by atoms with van der Waals surface area (Å²) in [5.74, 6) is 1.95. The van der Waals surface area contributed by atoms with Crippen LogP contribution in [0.2, 0.25) is 0 Å². The Kier molecular flexibility index (Phi) is 4.90. The summed E-state index contributed by atoms with van der Waals surface area (Å²) in [6, 6.07) is 0. The van der Waals surface area contributed by atoms with Gasteiger partial charge < -0.3 is 14.6 Å². The third-order valence-corrected chi connectivity index (χ3v) is 3.18. The Bertz CT molecular complexity index is 411. The van der Waals surface area contributed by atoms with Crippen molar-refractivity contribution >= 4 is 5.91 Å². The van der Waals surface area contributed by atoms with E-state index in [0.717, 1.165) is 19.6 Å². The van der Waals surface area contributed by atoms with Crippen LogP contribution in [0.1, 0.15) is 44.3 Å². The fourth-order valence-electron chi connectivity index (χ4n) is 1.92. The second kappa shape index (κ2) is 6.65. The van der Waals surface area contributed by atoms with Crippen molar-refractivity contribution < 1.29 is 14.1 Å². The number of ether oxygens (including phenoxy) is 1. The summed E-state index contributed by atoms with van der Waals surface area (Å²) in [5.41, 5.74) is 0. The van der Waals surface area contributed by atoms with Gasteiger partial charge in [-0.25, -0.2) is 0 Å². The molecule has 19 heavy (non-hydrogen) atoms. The highest BCUT2D eigenvalue weighted by atomic mass is 16.5. The van der Waals surface area contributed by atoms with Crippen molar-refractivity contribution in [2.24, 2.45) is 5.92 Å². The molecule has 1 atom stereocenters. The molecule has 0 bridgehead atoms. The van der Waals surface area contributed by atoms with Crippen LogP contribution in [0, 0.1) is 5.92 Å². The lowest BCUT2D eigenvalue weighted by atomic mass is 10.1. The molecule has 0 aliphatic carbocycles. The Morgan fingerprint density at radius 1 is 1.53 bits per heavy atom. The SMILES string of the molecule is CC(C)c1noc(CCC(=O)NC[C@@H]2CCOC2)n1. The molecule has 6 heteroatoms. The topological polar surface area (TPSA) is 77.2 Å². The summed E-state index contributed by atoms with van der Waals surface area (Å²) in [7, 11) is 0. The van der Waals surface area contributed by atoms with Crippen LogP contribution in [0.3, 0.4) is 0 Å². The van der Waals surface area contributed by atoms with Crippen molar-refractivity contribution in [3.05, 3.63) is 11.7 Å². The predicted molar refractivity (Wildman–Crippen MR) is 68.6 cm³/mol. The van der Waals surface area contributed by atoms with E-state index in [2.05, 4.69) is 15.5 Å². The fraction of sp³-hybridized carbons (Fsp3) is 0.769. The van der Waals surface area contributed by atoms with Crippen molar-refractivity contribution in [2.45, 2.75) is 39.0 Å². The lowest BCUT2D eigenvalue weighted by Crippen LogP contribution is -2.29. The number of carbonyl (C=O) groups excluding carboxylic acids is 1. The van der Waals surface area contributed by atoms with Gasteiger partial charge in [-0.15, -0.1) is 0 Å². The molecule has 0 unspecified atom stereocenters. The summed E-state index contributed by atoms with van der Waals surface area (Å²) in [6.07, 6.45) is 1.90. The summed E-state index contributed by atoms with van der Waals surface area (Å²) in [5, 5.41) is 6.78. The first kappa shape index (κ1) is 14.0. The monoisotopic (exact) mass is 267 g/mol. The van der Waals surface area contributed by atoms with Gasteiger partial charge in [0.15, 0.2) is 5.82 Å². The highest BCUT2D eigenvalue weighted by Crippen LogP contribution is 2.12. The van der Waals surface area contributed by atoms with Gasteiger partial charge in [0.25, 0.3) is 0 Å². The molecule has 0 radical (unpaired) electrons. The predicted octanol–water partition coefficient (Wildman–Crippen LogP) is 1.28. The average molecular weight is 267 g/mol. The van der Waals surface area contributed by atoms with Crippen LogP contribution < -0.4 is 5.32 Å². The molecule has 2 heterocycles. The summed E-state index contributed by atoms with van der Waals surface area (Å²) in [4.78, 5) is 15.9. The molecule has 1 N–H and O–H groups in total. The molecule has 106 valence electrons. The Hall–Kier alpha value is -1.43. The summed E-state index contributed by atoms with van der Waals surface area (Å²) in [6.45, 7) is 6.26. The highest BCUT2D eigenvalue weighted by molar-refractivity contribution is 5.75. The van der Waals surface area contributed by atoms with E-state index in [1.165, 1.54) is 0 Å². The van der Waals surface area contributed by atoms with Crippen LogP contribution in [0.15, 0.2) is 4.52 Å². The lowest BCUT2D eigenvalue weighted by Gasteiger charge is -2.08. The Balaban J connectivity index is 1.67. The van der Waals surface area contributed by atoms with E-state index in [0.29, 0.717) is 37.0 Å². The van der Waals surface area contributed by atoms with Crippen LogP contribution in [-0.4, -0.2) is 35.8 Å². The molecule has 1 fully saturated rings. The van der Waals surface area contributed by atoms with Gasteiger partial charge in [0, 0.05) is 37.8 Å². The molecule has 6 nitrogen and oxygen atoms in total. The number of carbonyl (C=O) groups is 1. The maximum atomic E-state index is 11.7. The van der Waals surface area contributed by atoms with E-state index in [1.54, 1.807) is 0 Å². The van der Waals surface area contributed by atoms with Gasteiger partial charge in [-0.2, -0.15) is 4.98 Å². The molecule has 1 amide bonds. The first-order valence-corrected chi connectivity index (χ1v) is 6.82. The number of aromatic nitrogens is 2. The second-order valence-electron chi connectivity index (χ2n) is 5.23. The van der Waals surface area contributed by atoms with E-state index >= 15 is 0 Å². The number of aryl methyl sites for hydroxylation is 1. The molecule has 1 aromatic rings. The molecule has 0 saturated carbocycles. The Morgan fingerprint density at radius 2 is 2.37 bits per heavy atom. The number of rotatable bonds is 6. The number of nitrogens with zero attached hydrogens (tertiary/aromatic N) is 2. The molecule has 2 rings (SSSR count). The number of hydrogen-bond acceptors (Lipinski definition) is 5. The van der Waals surface area contributed by atoms with E-state index in [9.17, 15) is 4.79 Å². The molecule has 0 aromatic carbocycles. The van der Waals surface area contributed by atoms with Gasteiger partial charge >= 0.3 is 0 Å². The third-order valence-electron chi connectivity index (χ3n) is 3.18. The Morgan fingerprint density at radius 3 is 3.00 bits per heavy atom. The zero-order valence-electron chi connectivity index (χ0n) is 11.5. The second-order valence-corrected chi connectivity index (χ2v) is 5.23. The van der Waals surface area contributed by atoms with E-state index < -0.39 is 0 Å². The smallest absolute Gasteiger partial charge is 0.227 e. The van der Waals surface area contributed by atoms with Gasteiger partial charge in [0.05, 0.1) is 6.61 Å². The molecule has 1 saturated heterocycles. The zero-order chi connectivity index (χ0) is 13.7. The summed E-state index contributed by atoms with van der Waals surface area (Å²) >= 11 is 0. The lowest BCUT2D eigenvalue weighted by molar-refractivity contribution is -0.121. The summed E-state index contributed by atoms with van der Waals surface area (Å²) < 4.78 is 10.4. The minimum atomic E-state index is 0.0243. The zero-order valence-corrected chi connectivity index (χ0v) is 11.5. The minimum Gasteiger partial charge on any atom is -0.381 e. The van der Waals surface area contributed by atoms with Crippen molar-refractivity contribution in [1.82, 2.24) is 15.5 Å². The molecular formula is C13H21N3O3. The fourth-order valence-corrected chi connectivity index (χ4v) is 1.92. The van der Waals surface area contributed by atoms with E-state index in [4.69, 9.17) is 9.26 Å². The van der Waals surface area contributed by atoms with E-state index in [1.807, 2.05) is 13.8 Å². The molecule has 0 spiro atoms. The largest absolute Gasteiger partial charge is 0.381 e. The van der Waals surface area contributed by atoms with E-state index in [-0.39, 0.29) is 11.8 Å². The van der Waals surface area contributed by atoms with Crippen molar-refractivity contribution in [1.29, 1.82) is 0 Å².